The smallest absolute Gasteiger partial charge is 0.230 e. The fourth-order valence-corrected chi connectivity index (χ4v) is 3.87. The SMILES string of the molecule is COc1ccc(CN2CCc3nn(-c4nc(C)ns4)cc3C2C)cc1. The molecule has 1 aromatic carbocycles. The number of fused-ring (bicyclic) bond motifs is 1. The van der Waals surface area contributed by atoms with Gasteiger partial charge in [0.1, 0.15) is 11.6 Å². The first-order valence-corrected chi connectivity index (χ1v) is 9.17. The Bertz CT molecular complexity index is 870. The maximum atomic E-state index is 5.24. The number of nitrogens with zero attached hydrogens (tertiary/aromatic N) is 5. The van der Waals surface area contributed by atoms with Crippen LogP contribution in [-0.4, -0.2) is 37.7 Å². The molecule has 1 unspecified atom stereocenters. The molecule has 0 radical (unpaired) electrons. The summed E-state index contributed by atoms with van der Waals surface area (Å²) in [5.74, 6) is 1.69. The Balaban J connectivity index is 1.54. The number of hydrogen-bond donors (Lipinski definition) is 0. The summed E-state index contributed by atoms with van der Waals surface area (Å²) < 4.78 is 11.4. The summed E-state index contributed by atoms with van der Waals surface area (Å²) in [5.41, 5.74) is 3.75. The van der Waals surface area contributed by atoms with Gasteiger partial charge in [-0.15, -0.1) is 0 Å². The molecule has 6 nitrogen and oxygen atoms in total. The van der Waals surface area contributed by atoms with Crippen molar-refractivity contribution in [1.82, 2.24) is 24.0 Å². The molecule has 25 heavy (non-hydrogen) atoms. The van der Waals surface area contributed by atoms with Crippen molar-refractivity contribution in [2.45, 2.75) is 32.9 Å². The van der Waals surface area contributed by atoms with Crippen LogP contribution in [-0.2, 0) is 13.0 Å². The van der Waals surface area contributed by atoms with E-state index < -0.39 is 0 Å². The zero-order valence-electron chi connectivity index (χ0n) is 14.6. The molecule has 130 valence electrons. The van der Waals surface area contributed by atoms with Gasteiger partial charge < -0.3 is 4.74 Å². The minimum atomic E-state index is 0.327. The Hall–Kier alpha value is -2.25. The lowest BCUT2D eigenvalue weighted by atomic mass is 10.00. The highest BCUT2D eigenvalue weighted by Gasteiger charge is 2.27. The van der Waals surface area contributed by atoms with Crippen molar-refractivity contribution in [2.75, 3.05) is 13.7 Å². The highest BCUT2D eigenvalue weighted by atomic mass is 32.1. The van der Waals surface area contributed by atoms with E-state index in [0.29, 0.717) is 6.04 Å². The van der Waals surface area contributed by atoms with Gasteiger partial charge in [-0.2, -0.15) is 9.47 Å². The number of ether oxygens (including phenoxy) is 1. The van der Waals surface area contributed by atoms with Crippen molar-refractivity contribution in [3.63, 3.8) is 0 Å². The highest BCUT2D eigenvalue weighted by molar-refractivity contribution is 7.08. The van der Waals surface area contributed by atoms with E-state index in [0.717, 1.165) is 36.2 Å². The summed E-state index contributed by atoms with van der Waals surface area (Å²) in [4.78, 5) is 6.92. The Morgan fingerprint density at radius 2 is 2.08 bits per heavy atom. The fourth-order valence-electron chi connectivity index (χ4n) is 3.26. The first-order chi connectivity index (χ1) is 12.1. The second-order valence-corrected chi connectivity index (χ2v) is 7.07. The quantitative estimate of drug-likeness (QED) is 0.719. The molecule has 0 saturated heterocycles. The van der Waals surface area contributed by atoms with E-state index in [9.17, 15) is 0 Å². The molecule has 0 bridgehead atoms. The number of hydrogen-bond acceptors (Lipinski definition) is 6. The predicted molar refractivity (Wildman–Crippen MR) is 97.3 cm³/mol. The number of aryl methyl sites for hydroxylation is 1. The average molecular weight is 355 g/mol. The van der Waals surface area contributed by atoms with E-state index >= 15 is 0 Å². The molecule has 0 spiro atoms. The van der Waals surface area contributed by atoms with E-state index in [-0.39, 0.29) is 0 Å². The number of benzene rings is 1. The van der Waals surface area contributed by atoms with Gasteiger partial charge in [-0.05, 0) is 31.5 Å². The zero-order valence-corrected chi connectivity index (χ0v) is 15.5. The van der Waals surface area contributed by atoms with Crippen LogP contribution in [0.15, 0.2) is 30.5 Å². The van der Waals surface area contributed by atoms with Crippen molar-refractivity contribution in [2.24, 2.45) is 0 Å². The van der Waals surface area contributed by atoms with Crippen LogP contribution in [0.25, 0.3) is 5.13 Å². The Kier molecular flexibility index (Phi) is 4.27. The van der Waals surface area contributed by atoms with E-state index in [4.69, 9.17) is 9.84 Å². The molecule has 1 aliphatic rings. The minimum Gasteiger partial charge on any atom is -0.497 e. The molecule has 0 N–H and O–H groups in total. The summed E-state index contributed by atoms with van der Waals surface area (Å²) in [6, 6.07) is 8.63. The van der Waals surface area contributed by atoms with Gasteiger partial charge in [0.2, 0.25) is 5.13 Å². The van der Waals surface area contributed by atoms with E-state index in [2.05, 4.69) is 39.5 Å². The van der Waals surface area contributed by atoms with Crippen LogP contribution in [0, 0.1) is 6.92 Å². The van der Waals surface area contributed by atoms with Gasteiger partial charge in [0.25, 0.3) is 0 Å². The van der Waals surface area contributed by atoms with Gasteiger partial charge in [-0.1, -0.05) is 12.1 Å². The summed E-state index contributed by atoms with van der Waals surface area (Å²) in [7, 11) is 1.69. The normalized spacial score (nSPS) is 17.5. The Morgan fingerprint density at radius 1 is 1.28 bits per heavy atom. The van der Waals surface area contributed by atoms with Gasteiger partial charge in [0.05, 0.1) is 12.8 Å². The lowest BCUT2D eigenvalue weighted by molar-refractivity contribution is 0.189. The molecule has 2 aromatic heterocycles. The van der Waals surface area contributed by atoms with E-state index in [1.807, 2.05) is 23.7 Å². The minimum absolute atomic E-state index is 0.327. The molecule has 1 atom stereocenters. The number of methoxy groups -OCH3 is 1. The third-order valence-electron chi connectivity index (χ3n) is 4.71. The summed E-state index contributed by atoms with van der Waals surface area (Å²) in [6.07, 6.45) is 3.07. The van der Waals surface area contributed by atoms with Crippen LogP contribution < -0.4 is 4.74 Å². The standard InChI is InChI=1S/C18H21N5OS/c1-12-16-11-23(18-19-13(2)21-25-18)20-17(16)8-9-22(12)10-14-4-6-15(24-3)7-5-14/h4-7,11-12H,8-10H2,1-3H3. The molecule has 3 aromatic rings. The Labute approximate surface area is 151 Å². The van der Waals surface area contributed by atoms with Crippen LogP contribution in [0.4, 0.5) is 0 Å². The van der Waals surface area contributed by atoms with Crippen molar-refractivity contribution in [3.8, 4) is 10.9 Å². The van der Waals surface area contributed by atoms with Crippen LogP contribution in [0.1, 0.15) is 35.6 Å². The average Bonchev–Trinajstić information content (AvgIpc) is 3.24. The maximum absolute atomic E-state index is 5.24. The third-order valence-corrected chi connectivity index (χ3v) is 5.51. The molecular weight excluding hydrogens is 334 g/mol. The van der Waals surface area contributed by atoms with Crippen LogP contribution in [0.2, 0.25) is 0 Å². The van der Waals surface area contributed by atoms with Gasteiger partial charge in [-0.3, -0.25) is 4.90 Å². The molecule has 0 saturated carbocycles. The van der Waals surface area contributed by atoms with E-state index in [1.165, 1.54) is 28.4 Å². The molecule has 3 heterocycles. The van der Waals surface area contributed by atoms with Crippen LogP contribution >= 0.6 is 11.5 Å². The van der Waals surface area contributed by atoms with Gasteiger partial charge in [0, 0.05) is 48.8 Å². The van der Waals surface area contributed by atoms with E-state index in [1.54, 1.807) is 7.11 Å². The second-order valence-electron chi connectivity index (χ2n) is 6.34. The van der Waals surface area contributed by atoms with Crippen LogP contribution in [0.5, 0.6) is 5.75 Å². The molecule has 4 rings (SSSR count). The van der Waals surface area contributed by atoms with Gasteiger partial charge in [-0.25, -0.2) is 9.67 Å². The highest BCUT2D eigenvalue weighted by Crippen LogP contribution is 2.31. The topological polar surface area (TPSA) is 56.1 Å². The molecule has 0 fully saturated rings. The fraction of sp³-hybridized carbons (Fsp3) is 0.389. The van der Waals surface area contributed by atoms with Crippen molar-refractivity contribution < 1.29 is 4.74 Å². The second kappa shape index (κ2) is 6.57. The monoisotopic (exact) mass is 355 g/mol. The van der Waals surface area contributed by atoms with Crippen LogP contribution in [0.3, 0.4) is 0 Å². The molecule has 0 amide bonds. The lowest BCUT2D eigenvalue weighted by Crippen LogP contribution is -2.33. The lowest BCUT2D eigenvalue weighted by Gasteiger charge is -2.32. The van der Waals surface area contributed by atoms with Crippen molar-refractivity contribution in [1.29, 1.82) is 0 Å². The molecule has 7 heteroatoms. The molecular formula is C18H21N5OS. The molecule has 1 aliphatic heterocycles. The van der Waals surface area contributed by atoms with Crippen molar-refractivity contribution >= 4 is 11.5 Å². The largest absolute Gasteiger partial charge is 0.497 e. The number of rotatable bonds is 4. The van der Waals surface area contributed by atoms with Gasteiger partial charge >= 0.3 is 0 Å². The maximum Gasteiger partial charge on any atom is 0.230 e. The summed E-state index contributed by atoms with van der Waals surface area (Å²) in [6.45, 7) is 6.08. The first-order valence-electron chi connectivity index (χ1n) is 8.40. The Morgan fingerprint density at radius 3 is 2.76 bits per heavy atom. The summed E-state index contributed by atoms with van der Waals surface area (Å²) >= 11 is 1.39. The summed E-state index contributed by atoms with van der Waals surface area (Å²) in [5, 5.41) is 5.56. The first kappa shape index (κ1) is 16.2. The molecule has 0 aliphatic carbocycles. The predicted octanol–water partition coefficient (Wildman–Crippen LogP) is 3.16. The zero-order chi connectivity index (χ0) is 17.4. The third kappa shape index (κ3) is 3.17. The van der Waals surface area contributed by atoms with Gasteiger partial charge in [0.15, 0.2) is 0 Å². The van der Waals surface area contributed by atoms with Crippen molar-refractivity contribution in [3.05, 3.63) is 53.1 Å². The number of aromatic nitrogens is 4.